The molecule has 0 saturated carbocycles. The summed E-state index contributed by atoms with van der Waals surface area (Å²) < 4.78 is 6.78. The van der Waals surface area contributed by atoms with Gasteiger partial charge in [0.2, 0.25) is 0 Å². The topological polar surface area (TPSA) is 0 Å². The van der Waals surface area contributed by atoms with Crippen LogP contribution in [0.3, 0.4) is 0 Å². The van der Waals surface area contributed by atoms with E-state index < -0.39 is 0 Å². The number of allylic oxidation sites excluding steroid dienone is 4. The summed E-state index contributed by atoms with van der Waals surface area (Å²) in [5.74, 6) is 1.85. The van der Waals surface area contributed by atoms with Crippen molar-refractivity contribution < 1.29 is 47.8 Å². The molecule has 0 amide bonds. The van der Waals surface area contributed by atoms with Crippen LogP contribution in [0.15, 0.2) is 97.1 Å². The van der Waals surface area contributed by atoms with Gasteiger partial charge in [0.1, 0.15) is 0 Å². The second-order valence-corrected chi connectivity index (χ2v) is 19.0. The molecule has 0 aliphatic heterocycles. The summed E-state index contributed by atoms with van der Waals surface area (Å²) in [5, 5.41) is 0. The third-order valence-corrected chi connectivity index (χ3v) is 10.3. The van der Waals surface area contributed by atoms with Crippen LogP contribution in [0, 0.1) is 46.0 Å². The minimum absolute atomic E-state index is 0. The molecule has 0 bridgehead atoms. The molecule has 4 atom stereocenters. The molecule has 4 aromatic carbocycles. The molecule has 4 aliphatic carbocycles. The molecule has 0 radical (unpaired) electrons. The number of rotatable bonds is 0. The second-order valence-electron chi connectivity index (χ2n) is 19.0. The summed E-state index contributed by atoms with van der Waals surface area (Å²) >= 11 is 2.11. The summed E-state index contributed by atoms with van der Waals surface area (Å²) in [6, 6.07) is 34.3. The molecule has 4 unspecified atom stereocenters. The van der Waals surface area contributed by atoms with Gasteiger partial charge in [-0.2, -0.15) is 22.3 Å². The first-order chi connectivity index (χ1) is 26.4. The number of halogens is 2. The van der Waals surface area contributed by atoms with Gasteiger partial charge in [-0.1, -0.05) is 180 Å². The predicted molar refractivity (Wildman–Crippen MR) is 254 cm³/mol. The van der Waals surface area contributed by atoms with Crippen molar-refractivity contribution in [3.05, 3.63) is 166 Å². The van der Waals surface area contributed by atoms with Crippen molar-refractivity contribution in [3.63, 3.8) is 0 Å². The van der Waals surface area contributed by atoms with E-state index in [2.05, 4.69) is 237 Å². The van der Waals surface area contributed by atoms with E-state index in [0.717, 1.165) is 47.8 Å². The van der Waals surface area contributed by atoms with Gasteiger partial charge in [-0.3, -0.25) is 24.3 Å². The van der Waals surface area contributed by atoms with Crippen molar-refractivity contribution in [3.8, 4) is 0 Å². The average molecular weight is 1140 g/mol. The van der Waals surface area contributed by atoms with Crippen LogP contribution in [-0.2, 0) is 47.8 Å². The zero-order valence-corrected chi connectivity index (χ0v) is 45.9. The monoisotopic (exact) mass is 1140 g/mol. The third-order valence-electron chi connectivity index (χ3n) is 10.3. The minimum atomic E-state index is 0. The van der Waals surface area contributed by atoms with Gasteiger partial charge in [0.15, 0.2) is 0 Å². The van der Waals surface area contributed by atoms with Gasteiger partial charge in [0.05, 0.1) is 0 Å². The molecule has 0 aromatic heterocycles. The number of fused-ring (bicyclic) bond motifs is 4. The van der Waals surface area contributed by atoms with Crippen LogP contribution in [0.4, 0.5) is 0 Å². The number of hydrogen-bond acceptors (Lipinski definition) is 0. The molecular weight excluding hydrogens is 1080 g/mol. The molecule has 0 heterocycles. The van der Waals surface area contributed by atoms with Crippen LogP contribution >= 0.6 is 24.8 Å². The Labute approximate surface area is 396 Å². The summed E-state index contributed by atoms with van der Waals surface area (Å²) in [4.78, 5) is 0. The van der Waals surface area contributed by atoms with Crippen molar-refractivity contribution >= 4 is 57.6 Å². The maximum absolute atomic E-state index is 3.44. The Kier molecular flexibility index (Phi) is 22.1. The molecule has 0 saturated heterocycles. The van der Waals surface area contributed by atoms with Gasteiger partial charge in [-0.05, 0) is 21.7 Å². The first kappa shape index (κ1) is 53.9. The fourth-order valence-corrected chi connectivity index (χ4v) is 7.54. The van der Waals surface area contributed by atoms with Crippen molar-refractivity contribution in [2.45, 2.75) is 107 Å². The molecule has 4 aromatic rings. The Morgan fingerprint density at radius 1 is 0.328 bits per heavy atom. The fourth-order valence-electron chi connectivity index (χ4n) is 7.54. The molecule has 0 fully saturated rings. The normalized spacial score (nSPS) is 18.5. The first-order valence-corrected chi connectivity index (χ1v) is 24.9. The van der Waals surface area contributed by atoms with Gasteiger partial charge in [-0.15, -0.1) is 71.3 Å². The molecule has 4 aliphatic rings. The van der Waals surface area contributed by atoms with E-state index in [0.29, 0.717) is 23.7 Å². The van der Waals surface area contributed by atoms with Crippen molar-refractivity contribution in [2.24, 2.45) is 21.7 Å². The average Bonchev–Trinajstić information content (AvgIpc) is 3.97. The fraction of sp³-hybridized carbons (Fsp3) is 0.370. The van der Waals surface area contributed by atoms with Crippen LogP contribution in [0.25, 0.3) is 24.3 Å². The van der Waals surface area contributed by atoms with Gasteiger partial charge in [-0.25, -0.2) is 24.3 Å². The standard InChI is InChI=1S/4C13H15.2CH2.2ClH.2Hf/c4*1-13(2,3)12-9-8-10-6-4-5-7-11(10)12;;;;;;/h4*4-8,12H,1-3H3;2*1H2;2*1H;;/q4*-1;;;;;2*+2. The summed E-state index contributed by atoms with van der Waals surface area (Å²) in [5.41, 5.74) is 12.2. The van der Waals surface area contributed by atoms with Crippen LogP contribution in [0.5, 0.6) is 0 Å². The molecule has 304 valence electrons. The van der Waals surface area contributed by atoms with E-state index in [-0.39, 0.29) is 46.5 Å². The molecule has 58 heavy (non-hydrogen) atoms. The summed E-state index contributed by atoms with van der Waals surface area (Å²) in [6.45, 7) is 27.2. The Hall–Kier alpha value is -2.10. The zero-order chi connectivity index (χ0) is 41.9. The van der Waals surface area contributed by atoms with E-state index in [1.54, 1.807) is 0 Å². The third kappa shape index (κ3) is 14.5. The quantitative estimate of drug-likeness (QED) is 0.122. The van der Waals surface area contributed by atoms with Gasteiger partial charge in [0, 0.05) is 0 Å². The predicted octanol–water partition coefficient (Wildman–Crippen LogP) is 15.4. The molecule has 8 rings (SSSR count). The van der Waals surface area contributed by atoms with Crippen molar-refractivity contribution in [1.82, 2.24) is 0 Å². The Morgan fingerprint density at radius 3 is 0.638 bits per heavy atom. The Bertz CT molecular complexity index is 1700. The van der Waals surface area contributed by atoms with Crippen molar-refractivity contribution in [2.75, 3.05) is 0 Å². The molecule has 0 nitrogen and oxygen atoms in total. The summed E-state index contributed by atoms with van der Waals surface area (Å²) in [6.07, 6.45) is 22.2. The first-order valence-electron chi connectivity index (χ1n) is 19.8. The molecule has 0 spiro atoms. The van der Waals surface area contributed by atoms with Gasteiger partial charge in [0.25, 0.3) is 0 Å². The van der Waals surface area contributed by atoms with E-state index in [9.17, 15) is 0 Å². The van der Waals surface area contributed by atoms with Crippen LogP contribution in [0.2, 0.25) is 0 Å². The van der Waals surface area contributed by atoms with E-state index in [4.69, 9.17) is 0 Å². The maximum atomic E-state index is 3.44. The Morgan fingerprint density at radius 2 is 0.483 bits per heavy atom. The SMILES string of the molecule is CC(C)(C)C1[C-]=Cc2ccccc21.CC(C)(C)C1[C-]=Cc2ccccc21.CC(C)(C)C1[C-]=Cc2ccccc21.CC(C)(C)C1[C-]=Cc2ccccc21.Cl.Cl.[CH2]=[Hf+2].[CH2]=[Hf+2]. The number of hydrogen-bond donors (Lipinski definition) is 0. The second kappa shape index (κ2) is 23.8. The molecular formula is C54H66Cl2Hf2. The van der Waals surface area contributed by atoms with Crippen LogP contribution in [-0.4, -0.2) is 8.52 Å². The summed E-state index contributed by atoms with van der Waals surface area (Å²) in [7, 11) is 0. The van der Waals surface area contributed by atoms with Gasteiger partial charge < -0.3 is 0 Å². The van der Waals surface area contributed by atoms with Gasteiger partial charge >= 0.3 is 56.3 Å². The molecule has 4 heteroatoms. The van der Waals surface area contributed by atoms with Crippen LogP contribution in [0.1, 0.15) is 151 Å². The Balaban J connectivity index is 0.000000371. The zero-order valence-electron chi connectivity index (χ0n) is 37.1. The van der Waals surface area contributed by atoms with E-state index in [1.807, 2.05) is 0 Å². The van der Waals surface area contributed by atoms with E-state index >= 15 is 0 Å². The van der Waals surface area contributed by atoms with Crippen LogP contribution < -0.4 is 0 Å². The molecule has 0 N–H and O–H groups in total. The van der Waals surface area contributed by atoms with E-state index in [1.165, 1.54) is 44.5 Å². The number of benzene rings is 4. The van der Waals surface area contributed by atoms with Crippen molar-refractivity contribution in [1.29, 1.82) is 0 Å².